The minimum atomic E-state index is -4.42. The van der Waals surface area contributed by atoms with Gasteiger partial charge < -0.3 is 5.32 Å². The molecule has 1 aromatic carbocycles. The first-order chi connectivity index (χ1) is 13.1. The molecule has 28 heavy (non-hydrogen) atoms. The van der Waals surface area contributed by atoms with E-state index in [0.29, 0.717) is 17.7 Å². The normalized spacial score (nSPS) is 16.8. The Kier molecular flexibility index (Phi) is 6.37. The number of carbonyl (C=O) groups excluding carboxylic acids is 1. The quantitative estimate of drug-likeness (QED) is 0.701. The zero-order valence-corrected chi connectivity index (χ0v) is 16.9. The topological polar surface area (TPSA) is 66.5 Å². The first-order valence-corrected chi connectivity index (χ1v) is 11.5. The van der Waals surface area contributed by atoms with Crippen molar-refractivity contribution in [1.29, 1.82) is 0 Å². The van der Waals surface area contributed by atoms with Crippen molar-refractivity contribution in [2.24, 2.45) is 0 Å². The number of rotatable bonds is 5. The highest BCUT2D eigenvalue weighted by molar-refractivity contribution is 8.00. The highest BCUT2D eigenvalue weighted by Gasteiger charge is 2.31. The Balaban J connectivity index is 1.59. The highest BCUT2D eigenvalue weighted by Crippen LogP contribution is 2.37. The number of piperidine rings is 1. The maximum Gasteiger partial charge on any atom is 0.446 e. The summed E-state index contributed by atoms with van der Waals surface area (Å²) in [7, 11) is -3.79. The molecule has 1 aliphatic rings. The van der Waals surface area contributed by atoms with Crippen LogP contribution in [0.4, 0.5) is 13.2 Å². The summed E-state index contributed by atoms with van der Waals surface area (Å²) in [4.78, 5) is 12.6. The lowest BCUT2D eigenvalue weighted by molar-refractivity contribution is -0.0328. The Morgan fingerprint density at radius 3 is 2.32 bits per heavy atom. The van der Waals surface area contributed by atoms with Gasteiger partial charge >= 0.3 is 5.51 Å². The second-order valence-electron chi connectivity index (χ2n) is 6.15. The van der Waals surface area contributed by atoms with Crippen LogP contribution in [0.3, 0.4) is 0 Å². The summed E-state index contributed by atoms with van der Waals surface area (Å²) in [5.74, 6) is -0.172. The standard InChI is InChI=1S/C17H17F3N2O3S3/c18-17(19,20)27-13-3-5-14(6-4-13)28(24,25)22-9-7-12(8-10-22)21-16(23)15-2-1-11-26-15/h1-6,11-12H,7-10H2,(H,21,23). The maximum absolute atomic E-state index is 12.7. The highest BCUT2D eigenvalue weighted by atomic mass is 32.2. The number of halogens is 3. The van der Waals surface area contributed by atoms with Crippen LogP contribution in [0.15, 0.2) is 51.6 Å². The average Bonchev–Trinajstić information content (AvgIpc) is 3.16. The van der Waals surface area contributed by atoms with Gasteiger partial charge in [-0.2, -0.15) is 17.5 Å². The number of nitrogens with zero attached hydrogens (tertiary/aromatic N) is 1. The Bertz CT molecular complexity index is 905. The van der Waals surface area contributed by atoms with E-state index in [-0.39, 0.29) is 46.6 Å². The first-order valence-electron chi connectivity index (χ1n) is 8.35. The van der Waals surface area contributed by atoms with Crippen LogP contribution in [0, 0.1) is 0 Å². The molecule has 1 aliphatic heterocycles. The SMILES string of the molecule is O=C(NC1CCN(S(=O)(=O)c2ccc(SC(F)(F)F)cc2)CC1)c1cccs1. The molecule has 0 atom stereocenters. The van der Waals surface area contributed by atoms with Gasteiger partial charge in [0.1, 0.15) is 0 Å². The van der Waals surface area contributed by atoms with Crippen molar-refractivity contribution < 1.29 is 26.4 Å². The van der Waals surface area contributed by atoms with Gasteiger partial charge in [0.2, 0.25) is 10.0 Å². The Morgan fingerprint density at radius 2 is 1.79 bits per heavy atom. The number of carbonyl (C=O) groups is 1. The van der Waals surface area contributed by atoms with E-state index >= 15 is 0 Å². The number of alkyl halides is 3. The molecule has 1 fully saturated rings. The Hall–Kier alpha value is -1.56. The molecule has 11 heteroatoms. The Labute approximate surface area is 169 Å². The molecule has 1 aromatic heterocycles. The lowest BCUT2D eigenvalue weighted by Gasteiger charge is -2.31. The summed E-state index contributed by atoms with van der Waals surface area (Å²) in [5, 5.41) is 4.71. The molecule has 152 valence electrons. The molecule has 0 bridgehead atoms. The van der Waals surface area contributed by atoms with Crippen LogP contribution in [-0.4, -0.2) is 43.3 Å². The van der Waals surface area contributed by atoms with E-state index in [2.05, 4.69) is 5.32 Å². The molecule has 1 saturated heterocycles. The summed E-state index contributed by atoms with van der Waals surface area (Å²) in [6.07, 6.45) is 0.941. The molecule has 0 unspecified atom stereocenters. The monoisotopic (exact) mass is 450 g/mol. The zero-order chi connectivity index (χ0) is 20.4. The smallest absolute Gasteiger partial charge is 0.349 e. The minimum Gasteiger partial charge on any atom is -0.349 e. The van der Waals surface area contributed by atoms with Gasteiger partial charge in [-0.15, -0.1) is 11.3 Å². The van der Waals surface area contributed by atoms with Gasteiger partial charge in [0, 0.05) is 24.0 Å². The van der Waals surface area contributed by atoms with Gasteiger partial charge in [-0.05, 0) is 60.3 Å². The fourth-order valence-electron chi connectivity index (χ4n) is 2.87. The molecule has 1 N–H and O–H groups in total. The van der Waals surface area contributed by atoms with Gasteiger partial charge in [-0.25, -0.2) is 8.42 Å². The van der Waals surface area contributed by atoms with E-state index in [1.165, 1.54) is 27.8 Å². The van der Waals surface area contributed by atoms with Gasteiger partial charge in [0.25, 0.3) is 5.91 Å². The predicted octanol–water partition coefficient (Wildman–Crippen LogP) is 3.94. The van der Waals surface area contributed by atoms with Crippen LogP contribution in [-0.2, 0) is 10.0 Å². The van der Waals surface area contributed by atoms with Crippen molar-refractivity contribution in [2.45, 2.75) is 34.2 Å². The number of sulfonamides is 1. The second-order valence-corrected chi connectivity index (χ2v) is 10.2. The fraction of sp³-hybridized carbons (Fsp3) is 0.353. The molecule has 0 saturated carbocycles. The van der Waals surface area contributed by atoms with Crippen molar-refractivity contribution in [3.8, 4) is 0 Å². The van der Waals surface area contributed by atoms with Gasteiger partial charge in [-0.3, -0.25) is 4.79 Å². The molecular formula is C17H17F3N2O3S3. The van der Waals surface area contributed by atoms with Crippen molar-refractivity contribution in [1.82, 2.24) is 9.62 Å². The number of thioether (sulfide) groups is 1. The lowest BCUT2D eigenvalue weighted by Crippen LogP contribution is -2.46. The molecule has 0 aliphatic carbocycles. The molecule has 1 amide bonds. The Morgan fingerprint density at radius 1 is 1.14 bits per heavy atom. The van der Waals surface area contributed by atoms with Crippen LogP contribution in [0.1, 0.15) is 22.5 Å². The summed E-state index contributed by atoms with van der Waals surface area (Å²) in [6, 6.07) is 8.07. The van der Waals surface area contributed by atoms with Crippen molar-refractivity contribution >= 4 is 39.0 Å². The summed E-state index contributed by atoms with van der Waals surface area (Å²) in [6.45, 7) is 0.466. The van der Waals surface area contributed by atoms with Crippen molar-refractivity contribution in [2.75, 3.05) is 13.1 Å². The minimum absolute atomic E-state index is 0.0416. The van der Waals surface area contributed by atoms with Crippen molar-refractivity contribution in [3.05, 3.63) is 46.7 Å². The molecule has 2 aromatic rings. The van der Waals surface area contributed by atoms with Crippen LogP contribution < -0.4 is 5.32 Å². The van der Waals surface area contributed by atoms with E-state index < -0.39 is 15.5 Å². The number of thiophene rings is 1. The van der Waals surface area contributed by atoms with E-state index in [9.17, 15) is 26.4 Å². The summed E-state index contributed by atoms with van der Waals surface area (Å²) < 4.78 is 63.9. The maximum atomic E-state index is 12.7. The summed E-state index contributed by atoms with van der Waals surface area (Å²) in [5.41, 5.74) is -4.42. The van der Waals surface area contributed by atoms with E-state index in [1.54, 1.807) is 12.1 Å². The molecule has 0 spiro atoms. The van der Waals surface area contributed by atoms with Crippen LogP contribution >= 0.6 is 23.1 Å². The van der Waals surface area contributed by atoms with Gasteiger partial charge in [0.05, 0.1) is 9.77 Å². The number of nitrogens with one attached hydrogen (secondary N) is 1. The van der Waals surface area contributed by atoms with E-state index in [0.717, 1.165) is 12.1 Å². The molecule has 2 heterocycles. The number of benzene rings is 1. The van der Waals surface area contributed by atoms with Crippen LogP contribution in [0.5, 0.6) is 0 Å². The third-order valence-corrected chi connectivity index (χ3v) is 7.75. The number of hydrogen-bond donors (Lipinski definition) is 1. The largest absolute Gasteiger partial charge is 0.446 e. The second kappa shape index (κ2) is 8.44. The predicted molar refractivity (Wildman–Crippen MR) is 102 cm³/mol. The van der Waals surface area contributed by atoms with Crippen molar-refractivity contribution in [3.63, 3.8) is 0 Å². The zero-order valence-electron chi connectivity index (χ0n) is 14.5. The molecular weight excluding hydrogens is 433 g/mol. The number of amides is 1. The average molecular weight is 451 g/mol. The van der Waals surface area contributed by atoms with Gasteiger partial charge in [-0.1, -0.05) is 6.07 Å². The van der Waals surface area contributed by atoms with E-state index in [1.807, 2.05) is 5.38 Å². The molecule has 0 radical (unpaired) electrons. The van der Waals surface area contributed by atoms with Crippen LogP contribution in [0.25, 0.3) is 0 Å². The summed E-state index contributed by atoms with van der Waals surface area (Å²) >= 11 is 1.05. The first kappa shape index (κ1) is 21.2. The third kappa shape index (κ3) is 5.28. The van der Waals surface area contributed by atoms with E-state index in [4.69, 9.17) is 0 Å². The fourth-order valence-corrected chi connectivity index (χ4v) is 5.50. The van der Waals surface area contributed by atoms with Crippen LogP contribution in [0.2, 0.25) is 0 Å². The third-order valence-electron chi connectivity index (χ3n) is 4.23. The molecule has 5 nitrogen and oxygen atoms in total. The molecule has 3 rings (SSSR count). The van der Waals surface area contributed by atoms with Gasteiger partial charge in [0.15, 0.2) is 0 Å². The lowest BCUT2D eigenvalue weighted by atomic mass is 10.1. The number of hydrogen-bond acceptors (Lipinski definition) is 5.